The fraction of sp³-hybridized carbons (Fsp3) is 0.458. The van der Waals surface area contributed by atoms with Gasteiger partial charge in [0.1, 0.15) is 5.75 Å². The molecular weight excluding hydrogens is 376 g/mol. The second-order valence-electron chi connectivity index (χ2n) is 7.36. The van der Waals surface area contributed by atoms with Gasteiger partial charge in [-0.25, -0.2) is 4.99 Å². The lowest BCUT2D eigenvalue weighted by Crippen LogP contribution is -2.37. The molecule has 0 aliphatic carbocycles. The van der Waals surface area contributed by atoms with Gasteiger partial charge in [-0.1, -0.05) is 24.3 Å². The number of aliphatic imine (C=N–C) groups is 1. The summed E-state index contributed by atoms with van der Waals surface area (Å²) in [5.41, 5.74) is 4.76. The Labute approximate surface area is 180 Å². The Bertz CT molecular complexity index is 814. The maximum Gasteiger partial charge on any atom is 0.191 e. The molecular formula is C24H34N4O2. The van der Waals surface area contributed by atoms with Crippen molar-refractivity contribution in [3.05, 3.63) is 59.2 Å². The number of nitrogens with one attached hydrogen (secondary N) is 2. The van der Waals surface area contributed by atoms with Crippen molar-refractivity contribution < 1.29 is 9.47 Å². The second kappa shape index (κ2) is 11.5. The van der Waals surface area contributed by atoms with Crippen molar-refractivity contribution in [3.8, 4) is 5.75 Å². The van der Waals surface area contributed by atoms with Crippen LogP contribution in [-0.2, 0) is 17.8 Å². The lowest BCUT2D eigenvalue weighted by atomic mass is 10.1. The summed E-state index contributed by atoms with van der Waals surface area (Å²) >= 11 is 0. The molecule has 1 heterocycles. The topological polar surface area (TPSA) is 58.1 Å². The van der Waals surface area contributed by atoms with Crippen molar-refractivity contribution in [2.45, 2.75) is 33.9 Å². The molecule has 30 heavy (non-hydrogen) atoms. The molecule has 1 saturated heterocycles. The van der Waals surface area contributed by atoms with Gasteiger partial charge in [0, 0.05) is 37.4 Å². The van der Waals surface area contributed by atoms with Crippen LogP contribution in [0.15, 0.2) is 47.5 Å². The number of guanidine groups is 1. The van der Waals surface area contributed by atoms with Crippen molar-refractivity contribution >= 4 is 11.6 Å². The van der Waals surface area contributed by atoms with Gasteiger partial charge in [0.2, 0.25) is 0 Å². The van der Waals surface area contributed by atoms with E-state index in [1.54, 1.807) is 0 Å². The summed E-state index contributed by atoms with van der Waals surface area (Å²) in [5, 5.41) is 6.75. The summed E-state index contributed by atoms with van der Waals surface area (Å²) in [7, 11) is 0. The molecule has 0 aromatic heterocycles. The van der Waals surface area contributed by atoms with Crippen molar-refractivity contribution in [2.75, 3.05) is 44.4 Å². The summed E-state index contributed by atoms with van der Waals surface area (Å²) in [6.45, 7) is 12.4. The number of ether oxygens (including phenoxy) is 2. The Morgan fingerprint density at radius 1 is 1.07 bits per heavy atom. The molecule has 2 aromatic carbocycles. The van der Waals surface area contributed by atoms with Crippen molar-refractivity contribution in [1.82, 2.24) is 10.6 Å². The van der Waals surface area contributed by atoms with Gasteiger partial charge < -0.3 is 25.0 Å². The molecule has 1 aliphatic rings. The van der Waals surface area contributed by atoms with Crippen molar-refractivity contribution in [2.24, 2.45) is 4.99 Å². The van der Waals surface area contributed by atoms with Crippen LogP contribution >= 0.6 is 0 Å². The molecule has 0 atom stereocenters. The van der Waals surface area contributed by atoms with Gasteiger partial charge in [-0.15, -0.1) is 0 Å². The molecule has 0 amide bonds. The van der Waals surface area contributed by atoms with Crippen LogP contribution in [0.5, 0.6) is 5.75 Å². The number of benzene rings is 2. The predicted molar refractivity (Wildman–Crippen MR) is 123 cm³/mol. The largest absolute Gasteiger partial charge is 0.494 e. The first-order valence-electron chi connectivity index (χ1n) is 10.9. The number of anilines is 1. The van der Waals surface area contributed by atoms with Gasteiger partial charge in [0.25, 0.3) is 0 Å². The van der Waals surface area contributed by atoms with E-state index in [0.29, 0.717) is 19.7 Å². The summed E-state index contributed by atoms with van der Waals surface area (Å²) in [5.74, 6) is 1.73. The first-order valence-corrected chi connectivity index (χ1v) is 10.9. The standard InChI is InChI=1S/C24H34N4O2/c1-4-25-24(27-18-21-9-6-19(3)16-23(21)30-5-2)26-17-20-7-10-22(11-8-20)28-12-14-29-15-13-28/h6-11,16H,4-5,12-15,17-18H2,1-3H3,(H2,25,26,27). The van der Waals surface area contributed by atoms with Crippen molar-refractivity contribution in [3.63, 3.8) is 0 Å². The molecule has 0 radical (unpaired) electrons. The van der Waals surface area contributed by atoms with Crippen LogP contribution in [0, 0.1) is 6.92 Å². The van der Waals surface area contributed by atoms with E-state index in [0.717, 1.165) is 50.1 Å². The number of rotatable bonds is 8. The molecule has 1 fully saturated rings. The Morgan fingerprint density at radius 3 is 2.53 bits per heavy atom. The smallest absolute Gasteiger partial charge is 0.191 e. The van der Waals surface area contributed by atoms with Crippen LogP contribution in [-0.4, -0.2) is 45.4 Å². The van der Waals surface area contributed by atoms with Gasteiger partial charge in [-0.2, -0.15) is 0 Å². The van der Waals surface area contributed by atoms with E-state index in [-0.39, 0.29) is 0 Å². The summed E-state index contributed by atoms with van der Waals surface area (Å²) in [6.07, 6.45) is 0. The van der Waals surface area contributed by atoms with Gasteiger partial charge in [0.15, 0.2) is 5.96 Å². The van der Waals surface area contributed by atoms with Gasteiger partial charge in [-0.3, -0.25) is 0 Å². The predicted octanol–water partition coefficient (Wildman–Crippen LogP) is 3.49. The quantitative estimate of drug-likeness (QED) is 0.515. The van der Waals surface area contributed by atoms with Crippen LogP contribution in [0.25, 0.3) is 0 Å². The maximum absolute atomic E-state index is 5.79. The van der Waals surface area contributed by atoms with E-state index in [4.69, 9.17) is 14.5 Å². The van der Waals surface area contributed by atoms with E-state index < -0.39 is 0 Å². The zero-order chi connectivity index (χ0) is 21.2. The average molecular weight is 411 g/mol. The molecule has 6 heteroatoms. The highest BCUT2D eigenvalue weighted by Gasteiger charge is 2.11. The minimum Gasteiger partial charge on any atom is -0.494 e. The number of hydrogen-bond donors (Lipinski definition) is 2. The third-order valence-corrected chi connectivity index (χ3v) is 5.05. The zero-order valence-electron chi connectivity index (χ0n) is 18.4. The molecule has 0 unspecified atom stereocenters. The molecule has 0 bridgehead atoms. The van der Waals surface area contributed by atoms with Crippen LogP contribution < -0.4 is 20.3 Å². The SMILES string of the molecule is CCNC(=NCc1ccc(N2CCOCC2)cc1)NCc1ccc(C)cc1OCC. The van der Waals surface area contributed by atoms with Crippen LogP contribution in [0.1, 0.15) is 30.5 Å². The lowest BCUT2D eigenvalue weighted by Gasteiger charge is -2.28. The molecule has 0 saturated carbocycles. The monoisotopic (exact) mass is 410 g/mol. The van der Waals surface area contributed by atoms with E-state index in [2.05, 4.69) is 71.8 Å². The minimum absolute atomic E-state index is 0.630. The highest BCUT2D eigenvalue weighted by Crippen LogP contribution is 2.20. The molecule has 3 rings (SSSR count). The fourth-order valence-corrected chi connectivity index (χ4v) is 3.42. The van der Waals surface area contributed by atoms with Crippen molar-refractivity contribution in [1.29, 1.82) is 0 Å². The second-order valence-corrected chi connectivity index (χ2v) is 7.36. The highest BCUT2D eigenvalue weighted by atomic mass is 16.5. The third-order valence-electron chi connectivity index (χ3n) is 5.05. The molecule has 2 N–H and O–H groups in total. The molecule has 1 aliphatic heterocycles. The molecule has 162 valence electrons. The summed E-state index contributed by atoms with van der Waals surface area (Å²) in [4.78, 5) is 7.11. The Hall–Kier alpha value is -2.73. The summed E-state index contributed by atoms with van der Waals surface area (Å²) < 4.78 is 11.2. The van der Waals surface area contributed by atoms with Gasteiger partial charge in [0.05, 0.1) is 26.4 Å². The Kier molecular flexibility index (Phi) is 8.39. The third kappa shape index (κ3) is 6.39. The highest BCUT2D eigenvalue weighted by molar-refractivity contribution is 5.79. The van der Waals surface area contributed by atoms with E-state index in [1.807, 2.05) is 6.92 Å². The van der Waals surface area contributed by atoms with Crippen LogP contribution in [0.3, 0.4) is 0 Å². The summed E-state index contributed by atoms with van der Waals surface area (Å²) in [6, 6.07) is 15.0. The molecule has 0 spiro atoms. The first-order chi connectivity index (χ1) is 14.7. The number of morpholine rings is 1. The van der Waals surface area contributed by atoms with E-state index in [9.17, 15) is 0 Å². The van der Waals surface area contributed by atoms with Gasteiger partial charge >= 0.3 is 0 Å². The van der Waals surface area contributed by atoms with Gasteiger partial charge in [-0.05, 0) is 50.1 Å². The normalized spacial score (nSPS) is 14.5. The first kappa shape index (κ1) is 22.0. The molecule has 6 nitrogen and oxygen atoms in total. The van der Waals surface area contributed by atoms with Crippen LogP contribution in [0.4, 0.5) is 5.69 Å². The average Bonchev–Trinajstić information content (AvgIpc) is 2.78. The fourth-order valence-electron chi connectivity index (χ4n) is 3.42. The number of aryl methyl sites for hydroxylation is 1. The lowest BCUT2D eigenvalue weighted by molar-refractivity contribution is 0.122. The van der Waals surface area contributed by atoms with Crippen LogP contribution in [0.2, 0.25) is 0 Å². The minimum atomic E-state index is 0.630. The Morgan fingerprint density at radius 2 is 1.83 bits per heavy atom. The van der Waals surface area contributed by atoms with E-state index in [1.165, 1.54) is 16.8 Å². The molecule has 2 aromatic rings. The zero-order valence-corrected chi connectivity index (χ0v) is 18.4. The number of nitrogens with zero attached hydrogens (tertiary/aromatic N) is 2. The Balaban J connectivity index is 1.60. The van der Waals surface area contributed by atoms with E-state index >= 15 is 0 Å². The maximum atomic E-state index is 5.79. The number of hydrogen-bond acceptors (Lipinski definition) is 4.